The molecule has 4 rings (SSSR count). The predicted molar refractivity (Wildman–Crippen MR) is 104 cm³/mol. The molecule has 6 nitrogen and oxygen atoms in total. The van der Waals surface area contributed by atoms with E-state index in [1.807, 2.05) is 0 Å². The van der Waals surface area contributed by atoms with Crippen LogP contribution < -0.4 is 0 Å². The molecule has 30 heavy (non-hydrogen) atoms. The van der Waals surface area contributed by atoms with Crippen LogP contribution in [0.2, 0.25) is 0 Å². The molecule has 1 atom stereocenters. The van der Waals surface area contributed by atoms with Gasteiger partial charge in [0.05, 0.1) is 0 Å². The van der Waals surface area contributed by atoms with E-state index in [9.17, 15) is 18.3 Å². The van der Waals surface area contributed by atoms with Gasteiger partial charge in [-0.1, -0.05) is 64.9 Å². The van der Waals surface area contributed by atoms with Gasteiger partial charge in [-0.15, -0.1) is 0 Å². The third kappa shape index (κ3) is 3.88. The molecule has 1 unspecified atom stereocenters. The van der Waals surface area contributed by atoms with Crippen molar-refractivity contribution in [3.63, 3.8) is 0 Å². The minimum absolute atomic E-state index is 0.0663. The van der Waals surface area contributed by atoms with Crippen LogP contribution in [0.15, 0.2) is 63.6 Å². The first-order valence-corrected chi connectivity index (χ1v) is 9.42. The molecule has 0 aliphatic rings. The van der Waals surface area contributed by atoms with E-state index in [1.165, 1.54) is 12.1 Å². The van der Waals surface area contributed by atoms with E-state index in [4.69, 9.17) is 9.05 Å². The molecular weight excluding hydrogens is 467 g/mol. The van der Waals surface area contributed by atoms with E-state index < -0.39 is 27.9 Å². The number of benzene rings is 2. The fourth-order valence-electron chi connectivity index (χ4n) is 2.85. The largest absolute Gasteiger partial charge is 0.422 e. The van der Waals surface area contributed by atoms with Gasteiger partial charge in [0.15, 0.2) is 0 Å². The molecule has 154 valence electrons. The second-order valence-corrected chi connectivity index (χ2v) is 8.10. The zero-order valence-corrected chi connectivity index (χ0v) is 16.9. The smallest absolute Gasteiger partial charge is 0.375 e. The molecule has 0 radical (unpaired) electrons. The Balaban J connectivity index is 1.74. The number of alkyl halides is 4. The average Bonchev–Trinajstić information content (AvgIpc) is 3.35. The molecule has 0 spiro atoms. The molecule has 0 saturated carbocycles. The van der Waals surface area contributed by atoms with E-state index in [2.05, 4.69) is 31.2 Å². The van der Waals surface area contributed by atoms with Crippen molar-refractivity contribution in [1.29, 1.82) is 0 Å². The van der Waals surface area contributed by atoms with Gasteiger partial charge in [0, 0.05) is 11.1 Å². The molecule has 0 bridgehead atoms. The van der Waals surface area contributed by atoms with Crippen LogP contribution in [0.5, 0.6) is 0 Å². The number of hydrogen-bond donors (Lipinski definition) is 1. The summed E-state index contributed by atoms with van der Waals surface area (Å²) in [6.45, 7) is 1.56. The first kappa shape index (κ1) is 20.3. The number of halogens is 4. The number of aromatic nitrogens is 3. The van der Waals surface area contributed by atoms with Crippen LogP contribution in [0.4, 0.5) is 13.2 Å². The lowest BCUT2D eigenvalue weighted by Gasteiger charge is -2.15. The molecule has 2 heterocycles. The maximum absolute atomic E-state index is 13.8. The summed E-state index contributed by atoms with van der Waals surface area (Å²) in [5, 5.41) is 17.3. The zero-order valence-electron chi connectivity index (χ0n) is 15.3. The van der Waals surface area contributed by atoms with Crippen LogP contribution in [-0.2, 0) is 10.7 Å². The highest BCUT2D eigenvalue weighted by molar-refractivity contribution is 9.09. The van der Waals surface area contributed by atoms with E-state index in [0.717, 1.165) is 0 Å². The number of rotatable bonds is 4. The highest BCUT2D eigenvalue weighted by Gasteiger charge is 2.42. The standard InChI is InChI=1S/C20H13BrF3N3O3/c1-19(21,28)13-9-7-12(8-10-13)17-25-18(30-27-17)16-14(20(22,23)24)15(26-29-16)11-5-3-2-4-6-11/h2-10,28H,1H3. The molecule has 10 heteroatoms. The maximum atomic E-state index is 13.8. The lowest BCUT2D eigenvalue weighted by molar-refractivity contribution is -0.136. The van der Waals surface area contributed by atoms with Crippen molar-refractivity contribution in [3.8, 4) is 34.3 Å². The number of nitrogens with zero attached hydrogens (tertiary/aromatic N) is 3. The Morgan fingerprint density at radius 3 is 2.17 bits per heavy atom. The van der Waals surface area contributed by atoms with Crippen LogP contribution in [0.1, 0.15) is 18.1 Å². The van der Waals surface area contributed by atoms with Crippen molar-refractivity contribution in [1.82, 2.24) is 15.3 Å². The monoisotopic (exact) mass is 479 g/mol. The summed E-state index contributed by atoms with van der Waals surface area (Å²) in [6, 6.07) is 14.4. The average molecular weight is 480 g/mol. The Bertz CT molecular complexity index is 1160. The molecular formula is C20H13BrF3N3O3. The summed E-state index contributed by atoms with van der Waals surface area (Å²) in [5.74, 6) is -1.03. The quantitative estimate of drug-likeness (QED) is 0.381. The highest BCUT2D eigenvalue weighted by atomic mass is 79.9. The molecule has 1 N–H and O–H groups in total. The lowest BCUT2D eigenvalue weighted by atomic mass is 10.1. The maximum Gasteiger partial charge on any atom is 0.422 e. The number of aliphatic hydroxyl groups is 1. The van der Waals surface area contributed by atoms with Gasteiger partial charge in [0.25, 0.3) is 5.89 Å². The number of hydrogen-bond acceptors (Lipinski definition) is 6. The highest BCUT2D eigenvalue weighted by Crippen LogP contribution is 2.43. The van der Waals surface area contributed by atoms with Gasteiger partial charge in [-0.05, 0) is 28.4 Å². The van der Waals surface area contributed by atoms with Gasteiger partial charge >= 0.3 is 6.18 Å². The van der Waals surface area contributed by atoms with Crippen LogP contribution in [0, 0.1) is 0 Å². The second kappa shape index (κ2) is 7.37. The van der Waals surface area contributed by atoms with E-state index in [-0.39, 0.29) is 17.1 Å². The van der Waals surface area contributed by atoms with Gasteiger partial charge in [0.1, 0.15) is 15.8 Å². The van der Waals surface area contributed by atoms with Gasteiger partial charge < -0.3 is 14.2 Å². The Morgan fingerprint density at radius 1 is 0.900 bits per heavy atom. The fraction of sp³-hybridized carbons (Fsp3) is 0.150. The minimum Gasteiger partial charge on any atom is -0.375 e. The summed E-state index contributed by atoms with van der Waals surface area (Å²) < 4.78 is 50.1. The molecule has 4 aromatic rings. The first-order chi connectivity index (χ1) is 14.1. The van der Waals surface area contributed by atoms with Crippen molar-refractivity contribution in [2.45, 2.75) is 17.6 Å². The predicted octanol–water partition coefficient (Wildman–Crippen LogP) is 5.64. The van der Waals surface area contributed by atoms with Crippen LogP contribution >= 0.6 is 15.9 Å². The zero-order chi connectivity index (χ0) is 21.5. The molecule has 2 aromatic carbocycles. The van der Waals surface area contributed by atoms with Gasteiger partial charge in [-0.2, -0.15) is 18.2 Å². The summed E-state index contributed by atoms with van der Waals surface area (Å²) in [7, 11) is 0. The van der Waals surface area contributed by atoms with Crippen molar-refractivity contribution >= 4 is 15.9 Å². The third-order valence-corrected chi connectivity index (χ3v) is 4.77. The Kier molecular flexibility index (Phi) is 4.99. The minimum atomic E-state index is -4.75. The molecule has 0 saturated heterocycles. The van der Waals surface area contributed by atoms with Crippen LogP contribution in [-0.4, -0.2) is 20.4 Å². The van der Waals surface area contributed by atoms with Crippen LogP contribution in [0.25, 0.3) is 34.3 Å². The van der Waals surface area contributed by atoms with Gasteiger partial charge in [0.2, 0.25) is 11.6 Å². The SMILES string of the molecule is CC(O)(Br)c1ccc(-c2noc(-c3onc(-c4ccccc4)c3C(F)(F)F)n2)cc1. The molecule has 0 aliphatic heterocycles. The summed E-state index contributed by atoms with van der Waals surface area (Å²) in [6.07, 6.45) is -4.75. The van der Waals surface area contributed by atoms with Crippen molar-refractivity contribution in [2.75, 3.05) is 0 Å². The lowest BCUT2D eigenvalue weighted by Crippen LogP contribution is -2.10. The third-order valence-electron chi connectivity index (χ3n) is 4.31. The summed E-state index contributed by atoms with van der Waals surface area (Å²) in [4.78, 5) is 4.04. The van der Waals surface area contributed by atoms with Crippen molar-refractivity contribution in [2.24, 2.45) is 0 Å². The van der Waals surface area contributed by atoms with E-state index in [0.29, 0.717) is 11.1 Å². The van der Waals surface area contributed by atoms with E-state index >= 15 is 0 Å². The summed E-state index contributed by atoms with van der Waals surface area (Å²) >= 11 is 3.13. The topological polar surface area (TPSA) is 85.2 Å². The fourth-order valence-corrected chi connectivity index (χ4v) is 3.11. The molecule has 0 aliphatic carbocycles. The van der Waals surface area contributed by atoms with E-state index in [1.54, 1.807) is 49.4 Å². The van der Waals surface area contributed by atoms with Gasteiger partial charge in [-0.25, -0.2) is 0 Å². The van der Waals surface area contributed by atoms with Gasteiger partial charge in [-0.3, -0.25) is 0 Å². The normalized spacial score (nSPS) is 13.9. The molecule has 0 amide bonds. The van der Waals surface area contributed by atoms with Crippen molar-refractivity contribution in [3.05, 3.63) is 65.7 Å². The van der Waals surface area contributed by atoms with Crippen LogP contribution in [0.3, 0.4) is 0 Å². The Hall–Kier alpha value is -2.98. The van der Waals surface area contributed by atoms with Crippen molar-refractivity contribution < 1.29 is 27.3 Å². The second-order valence-electron chi connectivity index (χ2n) is 6.55. The first-order valence-electron chi connectivity index (χ1n) is 8.63. The molecule has 0 fully saturated rings. The summed E-state index contributed by atoms with van der Waals surface area (Å²) in [5.41, 5.74) is -0.132. The Labute approximate surface area is 176 Å². The Morgan fingerprint density at radius 2 is 1.57 bits per heavy atom. The molecule has 2 aromatic heterocycles.